The standard InChI is InChI=1S/C13H17FN2O2.ClH/c14-10-6-7-11(12(8-10)16(17)18)13(15)9-4-2-1-3-5-9;/h6-9,13H,1-5,15H2;1H/t13-;/m1./s1. The number of nitro groups is 1. The Bertz CT molecular complexity index is 450. The first kappa shape index (κ1) is 15.9. The van der Waals surface area contributed by atoms with E-state index in [1.807, 2.05) is 0 Å². The summed E-state index contributed by atoms with van der Waals surface area (Å²) in [4.78, 5) is 10.4. The molecule has 0 aromatic heterocycles. The van der Waals surface area contributed by atoms with Gasteiger partial charge < -0.3 is 5.73 Å². The molecule has 0 spiro atoms. The minimum atomic E-state index is -0.596. The minimum Gasteiger partial charge on any atom is -0.324 e. The Hall–Kier alpha value is -1.20. The zero-order valence-electron chi connectivity index (χ0n) is 10.5. The van der Waals surface area contributed by atoms with Crippen LogP contribution in [0.4, 0.5) is 10.1 Å². The molecule has 1 aromatic rings. The lowest BCUT2D eigenvalue weighted by Crippen LogP contribution is -2.24. The number of halogens is 2. The highest BCUT2D eigenvalue weighted by atomic mass is 35.5. The fourth-order valence-electron chi connectivity index (χ4n) is 2.70. The lowest BCUT2D eigenvalue weighted by molar-refractivity contribution is -0.386. The van der Waals surface area contributed by atoms with Crippen LogP contribution in [0, 0.1) is 21.8 Å². The largest absolute Gasteiger partial charge is 0.324 e. The Morgan fingerprint density at radius 2 is 1.95 bits per heavy atom. The molecule has 1 aliphatic rings. The summed E-state index contributed by atoms with van der Waals surface area (Å²) in [7, 11) is 0. The number of nitrogens with two attached hydrogens (primary N) is 1. The summed E-state index contributed by atoms with van der Waals surface area (Å²) in [5.41, 5.74) is 6.38. The van der Waals surface area contributed by atoms with E-state index in [1.54, 1.807) is 0 Å². The number of nitrogens with zero attached hydrogens (tertiary/aromatic N) is 1. The van der Waals surface area contributed by atoms with Gasteiger partial charge in [-0.2, -0.15) is 0 Å². The van der Waals surface area contributed by atoms with Gasteiger partial charge in [0.1, 0.15) is 5.82 Å². The predicted octanol–water partition coefficient (Wildman–Crippen LogP) is 3.74. The van der Waals surface area contributed by atoms with Crippen LogP contribution in [0.2, 0.25) is 0 Å². The van der Waals surface area contributed by atoms with Crippen LogP contribution >= 0.6 is 12.4 Å². The maximum absolute atomic E-state index is 13.1. The van der Waals surface area contributed by atoms with Crippen molar-refractivity contribution in [2.24, 2.45) is 11.7 Å². The maximum Gasteiger partial charge on any atom is 0.277 e. The molecule has 0 unspecified atom stereocenters. The van der Waals surface area contributed by atoms with Crippen LogP contribution in [0.25, 0.3) is 0 Å². The van der Waals surface area contributed by atoms with E-state index in [1.165, 1.54) is 18.6 Å². The molecule has 0 heterocycles. The molecule has 4 nitrogen and oxygen atoms in total. The number of benzene rings is 1. The van der Waals surface area contributed by atoms with E-state index in [9.17, 15) is 14.5 Å². The first-order valence-electron chi connectivity index (χ1n) is 6.29. The molecule has 1 fully saturated rings. The van der Waals surface area contributed by atoms with E-state index >= 15 is 0 Å². The number of rotatable bonds is 3. The first-order valence-corrected chi connectivity index (χ1v) is 6.29. The van der Waals surface area contributed by atoms with Crippen LogP contribution in [-0.4, -0.2) is 4.92 Å². The molecule has 2 rings (SSSR count). The van der Waals surface area contributed by atoms with Gasteiger partial charge >= 0.3 is 0 Å². The summed E-state index contributed by atoms with van der Waals surface area (Å²) < 4.78 is 13.1. The molecule has 0 bridgehead atoms. The molecule has 6 heteroatoms. The molecule has 1 aromatic carbocycles. The average Bonchev–Trinajstić information content (AvgIpc) is 2.39. The first-order chi connectivity index (χ1) is 8.59. The van der Waals surface area contributed by atoms with Crippen molar-refractivity contribution in [3.05, 3.63) is 39.7 Å². The topological polar surface area (TPSA) is 69.2 Å². The molecule has 1 aliphatic carbocycles. The molecular formula is C13H18ClFN2O2. The number of hydrogen-bond donors (Lipinski definition) is 1. The minimum absolute atomic E-state index is 0. The summed E-state index contributed by atoms with van der Waals surface area (Å²) in [6.45, 7) is 0. The fourth-order valence-corrected chi connectivity index (χ4v) is 2.70. The van der Waals surface area contributed by atoms with Gasteiger partial charge in [-0.05, 0) is 30.9 Å². The monoisotopic (exact) mass is 288 g/mol. The third-order valence-electron chi connectivity index (χ3n) is 3.71. The summed E-state index contributed by atoms with van der Waals surface area (Å²) >= 11 is 0. The Morgan fingerprint density at radius 1 is 1.32 bits per heavy atom. The van der Waals surface area contributed by atoms with Crippen molar-refractivity contribution < 1.29 is 9.31 Å². The van der Waals surface area contributed by atoms with Crippen molar-refractivity contribution >= 4 is 18.1 Å². The Balaban J connectivity index is 0.00000180. The second-order valence-corrected chi connectivity index (χ2v) is 4.88. The summed E-state index contributed by atoms with van der Waals surface area (Å²) in [6, 6.07) is 3.28. The zero-order valence-corrected chi connectivity index (χ0v) is 11.4. The smallest absolute Gasteiger partial charge is 0.277 e. The van der Waals surface area contributed by atoms with Gasteiger partial charge in [0.25, 0.3) is 5.69 Å². The summed E-state index contributed by atoms with van der Waals surface area (Å²) in [5, 5.41) is 10.9. The van der Waals surface area contributed by atoms with Crippen molar-refractivity contribution in [2.45, 2.75) is 38.1 Å². The normalized spacial score (nSPS) is 17.6. The van der Waals surface area contributed by atoms with E-state index < -0.39 is 10.7 Å². The maximum atomic E-state index is 13.1. The van der Waals surface area contributed by atoms with Gasteiger partial charge in [0.05, 0.1) is 11.0 Å². The third kappa shape index (κ3) is 3.64. The van der Waals surface area contributed by atoms with Crippen LogP contribution in [-0.2, 0) is 0 Å². The van der Waals surface area contributed by atoms with Crippen molar-refractivity contribution in [3.8, 4) is 0 Å². The fraction of sp³-hybridized carbons (Fsp3) is 0.538. The highest BCUT2D eigenvalue weighted by Crippen LogP contribution is 2.36. The van der Waals surface area contributed by atoms with Crippen molar-refractivity contribution in [3.63, 3.8) is 0 Å². The number of hydrogen-bond acceptors (Lipinski definition) is 3. The molecule has 1 atom stereocenters. The molecule has 0 saturated heterocycles. The van der Waals surface area contributed by atoms with Crippen molar-refractivity contribution in [2.75, 3.05) is 0 Å². The van der Waals surface area contributed by atoms with Gasteiger partial charge in [0.2, 0.25) is 0 Å². The van der Waals surface area contributed by atoms with Crippen LogP contribution < -0.4 is 5.73 Å². The average molecular weight is 289 g/mol. The quantitative estimate of drug-likeness (QED) is 0.680. The zero-order chi connectivity index (χ0) is 13.1. The van der Waals surface area contributed by atoms with Crippen LogP contribution in [0.3, 0.4) is 0 Å². The summed E-state index contributed by atoms with van der Waals surface area (Å²) in [5.74, 6) is -0.329. The van der Waals surface area contributed by atoms with E-state index in [0.29, 0.717) is 5.56 Å². The molecule has 106 valence electrons. The van der Waals surface area contributed by atoms with E-state index in [4.69, 9.17) is 5.73 Å². The Labute approximate surface area is 117 Å². The second kappa shape index (κ2) is 6.82. The predicted molar refractivity (Wildman–Crippen MR) is 73.8 cm³/mol. The van der Waals surface area contributed by atoms with E-state index in [0.717, 1.165) is 31.7 Å². The highest BCUT2D eigenvalue weighted by molar-refractivity contribution is 5.85. The molecule has 0 radical (unpaired) electrons. The third-order valence-corrected chi connectivity index (χ3v) is 3.71. The Kier molecular flexibility index (Phi) is 5.69. The van der Waals surface area contributed by atoms with Gasteiger partial charge in [-0.3, -0.25) is 10.1 Å². The van der Waals surface area contributed by atoms with Crippen molar-refractivity contribution in [1.29, 1.82) is 0 Å². The molecule has 19 heavy (non-hydrogen) atoms. The Morgan fingerprint density at radius 3 is 2.53 bits per heavy atom. The van der Waals surface area contributed by atoms with Gasteiger partial charge in [0, 0.05) is 11.6 Å². The summed E-state index contributed by atoms with van der Waals surface area (Å²) in [6.07, 6.45) is 5.43. The molecule has 0 aliphatic heterocycles. The lowest BCUT2D eigenvalue weighted by Gasteiger charge is -2.27. The molecule has 1 saturated carbocycles. The number of nitro benzene ring substituents is 1. The molecular weight excluding hydrogens is 271 g/mol. The van der Waals surface area contributed by atoms with Crippen LogP contribution in [0.15, 0.2) is 18.2 Å². The van der Waals surface area contributed by atoms with Crippen LogP contribution in [0.5, 0.6) is 0 Å². The van der Waals surface area contributed by atoms with Gasteiger partial charge in [-0.15, -0.1) is 12.4 Å². The molecule has 0 amide bonds. The van der Waals surface area contributed by atoms with Gasteiger partial charge in [-0.1, -0.05) is 19.3 Å². The van der Waals surface area contributed by atoms with E-state index in [2.05, 4.69) is 0 Å². The van der Waals surface area contributed by atoms with Gasteiger partial charge in [-0.25, -0.2) is 4.39 Å². The highest BCUT2D eigenvalue weighted by Gasteiger charge is 2.27. The van der Waals surface area contributed by atoms with Crippen molar-refractivity contribution in [1.82, 2.24) is 0 Å². The lowest BCUT2D eigenvalue weighted by atomic mass is 9.81. The molecule has 2 N–H and O–H groups in total. The van der Waals surface area contributed by atoms with E-state index in [-0.39, 0.29) is 30.1 Å². The van der Waals surface area contributed by atoms with Crippen LogP contribution in [0.1, 0.15) is 43.7 Å². The second-order valence-electron chi connectivity index (χ2n) is 4.88. The SMILES string of the molecule is Cl.N[C@@H](c1ccc(F)cc1[N+](=O)[O-])C1CCCCC1. The van der Waals surface area contributed by atoms with Gasteiger partial charge in [0.15, 0.2) is 0 Å².